The van der Waals surface area contributed by atoms with E-state index in [4.69, 9.17) is 5.26 Å². The Morgan fingerprint density at radius 1 is 2.00 bits per heavy atom. The summed E-state index contributed by atoms with van der Waals surface area (Å²) in [5.74, 6) is 0. The van der Waals surface area contributed by atoms with Crippen molar-refractivity contribution in [3.05, 3.63) is 6.54 Å². The third-order valence-corrected chi connectivity index (χ3v) is 0.630. The molecule has 0 amide bonds. The molecule has 1 aliphatic rings. The van der Waals surface area contributed by atoms with Crippen LogP contribution in [0, 0.1) is 17.9 Å². The third-order valence-electron chi connectivity index (χ3n) is 0.630. The van der Waals surface area contributed by atoms with Crippen molar-refractivity contribution in [1.29, 1.82) is 5.26 Å². The Balaban J connectivity index is 2.47. The summed E-state index contributed by atoms with van der Waals surface area (Å²) in [5, 5.41) is 10.7. The molecule has 3 nitrogen and oxygen atoms in total. The lowest BCUT2D eigenvalue weighted by atomic mass is 10.6. The second-order valence-corrected chi connectivity index (χ2v) is 1.10. The molecule has 34 valence electrons. The SMILES string of the molecule is N#CC1N=C[C]N1. The highest BCUT2D eigenvalue weighted by Crippen LogP contribution is 1.88. The predicted molar refractivity (Wildman–Crippen MR) is 24.3 cm³/mol. The Morgan fingerprint density at radius 3 is 3.14 bits per heavy atom. The molecular weight excluding hydrogens is 90.1 g/mol. The van der Waals surface area contributed by atoms with E-state index in [0.29, 0.717) is 0 Å². The lowest BCUT2D eigenvalue weighted by Gasteiger charge is -1.88. The molecule has 1 atom stereocenters. The first-order valence-corrected chi connectivity index (χ1v) is 1.86. The number of hydrogen-bond donors (Lipinski definition) is 1. The zero-order valence-corrected chi connectivity index (χ0v) is 3.55. The third kappa shape index (κ3) is 0.756. The van der Waals surface area contributed by atoms with Crippen LogP contribution < -0.4 is 5.32 Å². The summed E-state index contributed by atoms with van der Waals surface area (Å²) >= 11 is 0. The summed E-state index contributed by atoms with van der Waals surface area (Å²) in [5.41, 5.74) is 0. The summed E-state index contributed by atoms with van der Waals surface area (Å²) in [7, 11) is 0. The molecule has 0 saturated heterocycles. The molecule has 0 aromatic rings. The summed E-state index contributed by atoms with van der Waals surface area (Å²) < 4.78 is 0. The number of aliphatic imine (C=N–C) groups is 1. The molecule has 0 fully saturated rings. The molecular formula is C4H3N3. The van der Waals surface area contributed by atoms with Gasteiger partial charge < -0.3 is 0 Å². The van der Waals surface area contributed by atoms with Crippen LogP contribution in [0.2, 0.25) is 0 Å². The fraction of sp³-hybridized carbons (Fsp3) is 0.250. The number of nitrogens with one attached hydrogen (secondary N) is 1. The van der Waals surface area contributed by atoms with Gasteiger partial charge >= 0.3 is 0 Å². The van der Waals surface area contributed by atoms with Gasteiger partial charge in [-0.05, 0) is 0 Å². The first-order chi connectivity index (χ1) is 3.43. The molecule has 1 unspecified atom stereocenters. The van der Waals surface area contributed by atoms with Crippen LogP contribution in [-0.2, 0) is 0 Å². The van der Waals surface area contributed by atoms with Crippen molar-refractivity contribution in [3.63, 3.8) is 0 Å². The molecule has 1 rings (SSSR count). The van der Waals surface area contributed by atoms with Gasteiger partial charge in [-0.2, -0.15) is 5.26 Å². The molecule has 2 radical (unpaired) electrons. The maximum atomic E-state index is 8.10. The van der Waals surface area contributed by atoms with Crippen LogP contribution in [0.5, 0.6) is 0 Å². The van der Waals surface area contributed by atoms with E-state index in [-0.39, 0.29) is 6.17 Å². The van der Waals surface area contributed by atoms with Gasteiger partial charge in [-0.25, -0.2) is 0 Å². The summed E-state index contributed by atoms with van der Waals surface area (Å²) in [6.07, 6.45) is 1.06. The Labute approximate surface area is 41.7 Å². The molecule has 0 aromatic carbocycles. The van der Waals surface area contributed by atoms with Gasteiger partial charge in [0.15, 0.2) is 6.17 Å². The number of rotatable bonds is 0. The lowest BCUT2D eigenvalue weighted by Crippen LogP contribution is -2.15. The number of nitrogens with zero attached hydrogens (tertiary/aromatic N) is 2. The smallest absolute Gasteiger partial charge is 0.188 e. The topological polar surface area (TPSA) is 48.2 Å². The van der Waals surface area contributed by atoms with E-state index in [2.05, 4.69) is 16.9 Å². The van der Waals surface area contributed by atoms with Gasteiger partial charge in [0.25, 0.3) is 0 Å². The van der Waals surface area contributed by atoms with E-state index < -0.39 is 0 Å². The van der Waals surface area contributed by atoms with Crippen LogP contribution in [0.1, 0.15) is 0 Å². The fourth-order valence-electron chi connectivity index (χ4n) is 0.331. The molecule has 0 aromatic heterocycles. The lowest BCUT2D eigenvalue weighted by molar-refractivity contribution is 0.769. The molecule has 0 aliphatic carbocycles. The second kappa shape index (κ2) is 1.71. The molecule has 1 aliphatic heterocycles. The summed E-state index contributed by atoms with van der Waals surface area (Å²) in [6, 6.07) is 1.89. The highest BCUT2D eigenvalue weighted by Gasteiger charge is 2.05. The van der Waals surface area contributed by atoms with E-state index in [1.54, 1.807) is 0 Å². The van der Waals surface area contributed by atoms with Crippen molar-refractivity contribution in [2.75, 3.05) is 0 Å². The average Bonchev–Trinajstić information content (AvgIpc) is 2.14. The standard InChI is InChI=1S/C4H3N3/c5-3-4-6-1-2-7-4/h1,4,7H. The molecule has 0 bridgehead atoms. The molecule has 1 N–H and O–H groups in total. The molecule has 3 heteroatoms. The van der Waals surface area contributed by atoms with Crippen LogP contribution in [0.25, 0.3) is 0 Å². The normalized spacial score (nSPS) is 27.6. The van der Waals surface area contributed by atoms with Gasteiger partial charge in [0, 0.05) is 6.21 Å². The van der Waals surface area contributed by atoms with Crippen LogP contribution in [0.3, 0.4) is 0 Å². The van der Waals surface area contributed by atoms with Crippen molar-refractivity contribution in [3.8, 4) is 6.07 Å². The minimum atomic E-state index is -0.389. The zero-order chi connectivity index (χ0) is 5.11. The maximum Gasteiger partial charge on any atom is 0.188 e. The first kappa shape index (κ1) is 4.28. The van der Waals surface area contributed by atoms with Gasteiger partial charge in [0.1, 0.15) is 12.6 Å². The Kier molecular flexibility index (Phi) is 1.05. The van der Waals surface area contributed by atoms with E-state index in [0.717, 1.165) is 0 Å². The Morgan fingerprint density at radius 2 is 2.86 bits per heavy atom. The average molecular weight is 93.1 g/mol. The van der Waals surface area contributed by atoms with Crippen LogP contribution >= 0.6 is 0 Å². The van der Waals surface area contributed by atoms with E-state index in [1.807, 2.05) is 6.07 Å². The highest BCUT2D eigenvalue weighted by molar-refractivity contribution is 5.69. The molecule has 0 spiro atoms. The van der Waals surface area contributed by atoms with E-state index in [9.17, 15) is 0 Å². The minimum absolute atomic E-state index is 0.389. The van der Waals surface area contributed by atoms with Crippen molar-refractivity contribution in [2.24, 2.45) is 4.99 Å². The fourth-order valence-corrected chi connectivity index (χ4v) is 0.331. The first-order valence-electron chi connectivity index (χ1n) is 1.86. The van der Waals surface area contributed by atoms with E-state index in [1.165, 1.54) is 6.21 Å². The second-order valence-electron chi connectivity index (χ2n) is 1.10. The maximum absolute atomic E-state index is 8.10. The van der Waals surface area contributed by atoms with Gasteiger partial charge in [-0.3, -0.25) is 10.3 Å². The predicted octanol–water partition coefficient (Wildman–Crippen LogP) is -0.451. The summed E-state index contributed by atoms with van der Waals surface area (Å²) in [4.78, 5) is 3.65. The van der Waals surface area contributed by atoms with Gasteiger partial charge in [0.05, 0.1) is 0 Å². The largest absolute Gasteiger partial charge is 0.269 e. The Bertz CT molecular complexity index is 121. The van der Waals surface area contributed by atoms with Crippen molar-refractivity contribution in [1.82, 2.24) is 5.32 Å². The Hall–Kier alpha value is -0.880. The van der Waals surface area contributed by atoms with Gasteiger partial charge in [0.2, 0.25) is 0 Å². The summed E-state index contributed by atoms with van der Waals surface area (Å²) in [6.45, 7) is 2.56. The van der Waals surface area contributed by atoms with Crippen molar-refractivity contribution in [2.45, 2.75) is 6.17 Å². The number of hydrogen-bond acceptors (Lipinski definition) is 3. The van der Waals surface area contributed by atoms with Crippen LogP contribution in [0.15, 0.2) is 4.99 Å². The monoisotopic (exact) mass is 93.0 g/mol. The van der Waals surface area contributed by atoms with Gasteiger partial charge in [-0.1, -0.05) is 0 Å². The molecule has 0 saturated carbocycles. The zero-order valence-electron chi connectivity index (χ0n) is 3.55. The van der Waals surface area contributed by atoms with Crippen molar-refractivity contribution >= 4 is 6.21 Å². The highest BCUT2D eigenvalue weighted by atomic mass is 15.1. The number of nitriles is 1. The molecule has 7 heavy (non-hydrogen) atoms. The van der Waals surface area contributed by atoms with Gasteiger partial charge in [-0.15, -0.1) is 0 Å². The minimum Gasteiger partial charge on any atom is -0.269 e. The van der Waals surface area contributed by atoms with Crippen molar-refractivity contribution < 1.29 is 0 Å². The van der Waals surface area contributed by atoms with Crippen LogP contribution in [-0.4, -0.2) is 12.4 Å². The van der Waals surface area contributed by atoms with Crippen LogP contribution in [0.4, 0.5) is 0 Å². The quantitative estimate of drug-likeness (QED) is 0.441. The van der Waals surface area contributed by atoms with E-state index >= 15 is 0 Å². The molecule has 1 heterocycles.